The van der Waals surface area contributed by atoms with Crippen LogP contribution in [0.25, 0.3) is 0 Å². The van der Waals surface area contributed by atoms with E-state index in [0.29, 0.717) is 10.9 Å². The number of nitro benzene ring substituents is 1. The molecule has 16 heavy (non-hydrogen) atoms. The van der Waals surface area contributed by atoms with Gasteiger partial charge in [-0.15, -0.1) is 0 Å². The number of carboxylic acids is 1. The van der Waals surface area contributed by atoms with Crippen LogP contribution >= 0.6 is 15.9 Å². The second kappa shape index (κ2) is 5.02. The summed E-state index contributed by atoms with van der Waals surface area (Å²) in [5.41, 5.74) is -0.422. The van der Waals surface area contributed by atoms with Gasteiger partial charge in [-0.05, 0) is 5.56 Å². The lowest BCUT2D eigenvalue weighted by Gasteiger charge is -2.03. The summed E-state index contributed by atoms with van der Waals surface area (Å²) in [6.07, 6.45) is -0.576. The number of nitrogens with zero attached hydrogens (tertiary/aromatic N) is 1. The molecule has 7 heteroatoms. The molecule has 1 N–H and O–H groups in total. The van der Waals surface area contributed by atoms with E-state index >= 15 is 0 Å². The monoisotopic (exact) mass is 291 g/mol. The SMILES string of the molecule is O=C(O)Cc1cc(CBr)cc([N+](=O)[O-])c1F. The lowest BCUT2D eigenvalue weighted by atomic mass is 10.1. The van der Waals surface area contributed by atoms with Gasteiger partial charge in [0, 0.05) is 17.0 Å². The molecule has 5 nitrogen and oxygen atoms in total. The number of hydrogen-bond donors (Lipinski definition) is 1. The van der Waals surface area contributed by atoms with Crippen molar-refractivity contribution in [2.45, 2.75) is 11.8 Å². The molecule has 0 heterocycles. The van der Waals surface area contributed by atoms with Gasteiger partial charge in [0.05, 0.1) is 11.3 Å². The predicted molar refractivity (Wildman–Crippen MR) is 57.0 cm³/mol. The lowest BCUT2D eigenvalue weighted by molar-refractivity contribution is -0.387. The van der Waals surface area contributed by atoms with E-state index in [1.54, 1.807) is 0 Å². The van der Waals surface area contributed by atoms with Gasteiger partial charge >= 0.3 is 11.7 Å². The van der Waals surface area contributed by atoms with Gasteiger partial charge in [-0.2, -0.15) is 4.39 Å². The number of aliphatic carboxylic acids is 1. The van der Waals surface area contributed by atoms with Gasteiger partial charge in [0.2, 0.25) is 5.82 Å². The maximum Gasteiger partial charge on any atom is 0.307 e. The molecule has 0 bridgehead atoms. The Kier molecular flexibility index (Phi) is 3.94. The molecule has 0 unspecified atom stereocenters. The van der Waals surface area contributed by atoms with E-state index < -0.39 is 28.8 Å². The van der Waals surface area contributed by atoms with Crippen LogP contribution in [-0.4, -0.2) is 16.0 Å². The number of carboxylic acid groups (broad SMARTS) is 1. The summed E-state index contributed by atoms with van der Waals surface area (Å²) in [6, 6.07) is 2.38. The number of carbonyl (C=O) groups is 1. The van der Waals surface area contributed by atoms with Gasteiger partial charge in [-0.25, -0.2) is 0 Å². The molecule has 0 fully saturated rings. The minimum atomic E-state index is -1.24. The van der Waals surface area contributed by atoms with Crippen LogP contribution in [0.2, 0.25) is 0 Å². The maximum absolute atomic E-state index is 13.5. The van der Waals surface area contributed by atoms with E-state index in [1.807, 2.05) is 0 Å². The van der Waals surface area contributed by atoms with Crippen LogP contribution in [0.3, 0.4) is 0 Å². The average Bonchev–Trinajstić information content (AvgIpc) is 2.19. The highest BCUT2D eigenvalue weighted by atomic mass is 79.9. The molecule has 0 aromatic heterocycles. The van der Waals surface area contributed by atoms with E-state index in [2.05, 4.69) is 15.9 Å². The van der Waals surface area contributed by atoms with Gasteiger partial charge < -0.3 is 5.11 Å². The summed E-state index contributed by atoms with van der Waals surface area (Å²) in [4.78, 5) is 20.1. The van der Waals surface area contributed by atoms with Crippen molar-refractivity contribution in [1.82, 2.24) is 0 Å². The second-order valence-corrected chi connectivity index (χ2v) is 3.61. The van der Waals surface area contributed by atoms with Crippen LogP contribution in [0.15, 0.2) is 12.1 Å². The highest BCUT2D eigenvalue weighted by Crippen LogP contribution is 2.24. The topological polar surface area (TPSA) is 80.4 Å². The first-order valence-corrected chi connectivity index (χ1v) is 5.31. The molecule has 0 aliphatic rings. The normalized spacial score (nSPS) is 10.1. The molecule has 0 saturated carbocycles. The van der Waals surface area contributed by atoms with Gasteiger partial charge in [0.25, 0.3) is 0 Å². The van der Waals surface area contributed by atoms with Gasteiger partial charge in [-0.3, -0.25) is 14.9 Å². The molecule has 1 rings (SSSR count). The van der Waals surface area contributed by atoms with Crippen molar-refractivity contribution in [3.63, 3.8) is 0 Å². The largest absolute Gasteiger partial charge is 0.481 e. The van der Waals surface area contributed by atoms with E-state index in [4.69, 9.17) is 5.11 Å². The molecule has 1 aromatic carbocycles. The zero-order valence-electron chi connectivity index (χ0n) is 7.94. The Balaban J connectivity index is 3.31. The number of alkyl halides is 1. The Morgan fingerprint density at radius 2 is 2.19 bits per heavy atom. The van der Waals surface area contributed by atoms with Gasteiger partial charge in [0.1, 0.15) is 0 Å². The first-order chi connectivity index (χ1) is 7.45. The number of halogens is 2. The summed E-state index contributed by atoms with van der Waals surface area (Å²) < 4.78 is 13.5. The van der Waals surface area contributed by atoms with Crippen LogP contribution in [0.4, 0.5) is 10.1 Å². The van der Waals surface area contributed by atoms with Crippen molar-refractivity contribution in [2.24, 2.45) is 0 Å². The molecule has 0 atom stereocenters. The van der Waals surface area contributed by atoms with Crippen molar-refractivity contribution < 1.29 is 19.2 Å². The summed E-state index contributed by atoms with van der Waals surface area (Å²) in [5, 5.41) is 19.4. The number of benzene rings is 1. The molecule has 86 valence electrons. The van der Waals surface area contributed by atoms with Crippen molar-refractivity contribution in [3.8, 4) is 0 Å². The van der Waals surface area contributed by atoms with Crippen LogP contribution in [0.5, 0.6) is 0 Å². The van der Waals surface area contributed by atoms with Gasteiger partial charge in [0.15, 0.2) is 0 Å². The van der Waals surface area contributed by atoms with Crippen molar-refractivity contribution in [1.29, 1.82) is 0 Å². The fraction of sp³-hybridized carbons (Fsp3) is 0.222. The van der Waals surface area contributed by atoms with Gasteiger partial charge in [-0.1, -0.05) is 22.0 Å². The maximum atomic E-state index is 13.5. The summed E-state index contributed by atoms with van der Waals surface area (Å²) in [7, 11) is 0. The third kappa shape index (κ3) is 2.75. The smallest absolute Gasteiger partial charge is 0.307 e. The molecule has 0 spiro atoms. The van der Waals surface area contributed by atoms with E-state index in [-0.39, 0.29) is 5.56 Å². The molecule has 0 aliphatic heterocycles. The van der Waals surface area contributed by atoms with Crippen molar-refractivity contribution in [3.05, 3.63) is 39.2 Å². The highest BCUT2D eigenvalue weighted by Gasteiger charge is 2.20. The molecule has 0 amide bonds. The molecule has 0 saturated heterocycles. The number of rotatable bonds is 4. The third-order valence-corrected chi connectivity index (χ3v) is 2.53. The Morgan fingerprint density at radius 3 is 2.62 bits per heavy atom. The predicted octanol–water partition coefficient (Wildman–Crippen LogP) is 2.26. The molecule has 1 aromatic rings. The van der Waals surface area contributed by atoms with Crippen molar-refractivity contribution in [2.75, 3.05) is 0 Å². The van der Waals surface area contributed by atoms with Crippen molar-refractivity contribution >= 4 is 27.6 Å². The first kappa shape index (κ1) is 12.6. The fourth-order valence-electron chi connectivity index (χ4n) is 1.23. The van der Waals surface area contributed by atoms with Crippen LogP contribution in [0, 0.1) is 15.9 Å². The Hall–Kier alpha value is -1.50. The average molecular weight is 292 g/mol. The summed E-state index contributed by atoms with van der Waals surface area (Å²) in [6.45, 7) is 0. The highest BCUT2D eigenvalue weighted by molar-refractivity contribution is 9.08. The molecule has 0 aliphatic carbocycles. The quantitative estimate of drug-likeness (QED) is 0.524. The van der Waals surface area contributed by atoms with E-state index in [0.717, 1.165) is 6.07 Å². The minimum absolute atomic E-state index is 0.184. The number of nitro groups is 1. The van der Waals surface area contributed by atoms with Crippen LogP contribution in [0.1, 0.15) is 11.1 Å². The second-order valence-electron chi connectivity index (χ2n) is 3.05. The number of hydrogen-bond acceptors (Lipinski definition) is 3. The first-order valence-electron chi connectivity index (χ1n) is 4.19. The van der Waals surface area contributed by atoms with E-state index in [9.17, 15) is 19.3 Å². The zero-order chi connectivity index (χ0) is 12.3. The Morgan fingerprint density at radius 1 is 1.56 bits per heavy atom. The fourth-order valence-corrected chi connectivity index (χ4v) is 1.56. The summed E-state index contributed by atoms with van der Waals surface area (Å²) in [5.74, 6) is -2.32. The lowest BCUT2D eigenvalue weighted by Crippen LogP contribution is -2.05. The molecular weight excluding hydrogens is 285 g/mol. The summed E-state index contributed by atoms with van der Waals surface area (Å²) >= 11 is 3.07. The Bertz CT molecular complexity index is 449. The van der Waals surface area contributed by atoms with E-state index in [1.165, 1.54) is 6.07 Å². The standard InChI is InChI=1S/C9H7BrFNO4/c10-4-5-1-6(3-8(13)14)9(11)7(2-5)12(15)16/h1-2H,3-4H2,(H,13,14). The Labute approximate surface area is 98.2 Å². The minimum Gasteiger partial charge on any atom is -0.481 e. The van der Waals surface area contributed by atoms with Crippen LogP contribution in [-0.2, 0) is 16.5 Å². The van der Waals surface area contributed by atoms with Crippen LogP contribution < -0.4 is 0 Å². The third-order valence-electron chi connectivity index (χ3n) is 1.88. The molecule has 0 radical (unpaired) electrons. The zero-order valence-corrected chi connectivity index (χ0v) is 9.53. The molecular formula is C9H7BrFNO4.